The van der Waals surface area contributed by atoms with Crippen LogP contribution in [0.2, 0.25) is 0 Å². The fourth-order valence-corrected chi connectivity index (χ4v) is 0.231. The van der Waals surface area contributed by atoms with Crippen LogP contribution in [0.5, 0.6) is 0 Å². The Hall–Kier alpha value is -0.850. The summed E-state index contributed by atoms with van der Waals surface area (Å²) in [6.45, 7) is 1.94. The first kappa shape index (κ1) is 6.15. The summed E-state index contributed by atoms with van der Waals surface area (Å²) in [5, 5.41) is 6.54. The van der Waals surface area contributed by atoms with E-state index in [1.54, 1.807) is 6.08 Å². The molecule has 0 saturated heterocycles. The second-order valence-electron chi connectivity index (χ2n) is 1.08. The van der Waals surface area contributed by atoms with Gasteiger partial charge in [0, 0.05) is 6.21 Å². The van der Waals surface area contributed by atoms with Crippen molar-refractivity contribution in [1.82, 2.24) is 0 Å². The zero-order valence-electron chi connectivity index (χ0n) is 4.39. The fraction of sp³-hybridized carbons (Fsp3) is 0.167. The van der Waals surface area contributed by atoms with Gasteiger partial charge in [-0.25, -0.2) is 0 Å². The van der Waals surface area contributed by atoms with Gasteiger partial charge in [-0.05, 0) is 13.0 Å². The highest BCUT2D eigenvalue weighted by Crippen LogP contribution is 1.70. The molecule has 38 valence electrons. The SMILES string of the molecule is C/C=C/C=C\C=N. The quantitative estimate of drug-likeness (QED) is 0.399. The van der Waals surface area contributed by atoms with Gasteiger partial charge in [0.25, 0.3) is 0 Å². The van der Waals surface area contributed by atoms with Crippen molar-refractivity contribution in [1.29, 1.82) is 5.41 Å². The average molecular weight is 95.1 g/mol. The van der Waals surface area contributed by atoms with Crippen LogP contribution in [0.25, 0.3) is 0 Å². The Morgan fingerprint density at radius 2 is 1.86 bits per heavy atom. The first-order valence-electron chi connectivity index (χ1n) is 2.20. The van der Waals surface area contributed by atoms with E-state index in [2.05, 4.69) is 0 Å². The van der Waals surface area contributed by atoms with Gasteiger partial charge in [0.2, 0.25) is 0 Å². The van der Waals surface area contributed by atoms with Gasteiger partial charge in [-0.2, -0.15) is 0 Å². The van der Waals surface area contributed by atoms with Gasteiger partial charge in [0.1, 0.15) is 0 Å². The Morgan fingerprint density at radius 1 is 1.14 bits per heavy atom. The van der Waals surface area contributed by atoms with Gasteiger partial charge >= 0.3 is 0 Å². The van der Waals surface area contributed by atoms with Crippen LogP contribution in [0.4, 0.5) is 0 Å². The second kappa shape index (κ2) is 5.15. The van der Waals surface area contributed by atoms with Gasteiger partial charge in [-0.3, -0.25) is 0 Å². The molecule has 7 heavy (non-hydrogen) atoms. The molecule has 0 saturated carbocycles. The van der Waals surface area contributed by atoms with E-state index in [0.29, 0.717) is 0 Å². The number of hydrogen-bond acceptors (Lipinski definition) is 1. The lowest BCUT2D eigenvalue weighted by atomic mass is 10.4. The Bertz CT molecular complexity index is 90.4. The lowest BCUT2D eigenvalue weighted by Crippen LogP contribution is -1.52. The molecule has 0 aromatic rings. The lowest BCUT2D eigenvalue weighted by molar-refractivity contribution is 1.58. The molecule has 0 aliphatic heterocycles. The zero-order valence-corrected chi connectivity index (χ0v) is 4.39. The molecule has 0 aromatic carbocycles. The number of nitrogens with one attached hydrogen (secondary N) is 1. The highest BCUT2D eigenvalue weighted by atomic mass is 14.3. The predicted octanol–water partition coefficient (Wildman–Crippen LogP) is 1.77. The highest BCUT2D eigenvalue weighted by Gasteiger charge is 1.53. The second-order valence-corrected chi connectivity index (χ2v) is 1.08. The molecule has 0 aromatic heterocycles. The zero-order chi connectivity index (χ0) is 5.54. The van der Waals surface area contributed by atoms with Crippen LogP contribution >= 0.6 is 0 Å². The Balaban J connectivity index is 3.27. The van der Waals surface area contributed by atoms with Gasteiger partial charge in [0.05, 0.1) is 0 Å². The summed E-state index contributed by atoms with van der Waals surface area (Å²) in [6.07, 6.45) is 8.53. The largest absolute Gasteiger partial charge is 0.309 e. The van der Waals surface area contributed by atoms with Gasteiger partial charge in [0.15, 0.2) is 0 Å². The van der Waals surface area contributed by atoms with Crippen molar-refractivity contribution in [2.45, 2.75) is 6.92 Å². The number of hydrogen-bond donors (Lipinski definition) is 1. The maximum Gasteiger partial charge on any atom is 0.0177 e. The molecule has 0 heterocycles. The molecule has 0 amide bonds. The summed E-state index contributed by atoms with van der Waals surface area (Å²) in [7, 11) is 0. The normalized spacial score (nSPS) is 11.0. The molecule has 1 heteroatoms. The smallest absolute Gasteiger partial charge is 0.0177 e. The van der Waals surface area contributed by atoms with Crippen molar-refractivity contribution >= 4 is 6.21 Å². The lowest BCUT2D eigenvalue weighted by Gasteiger charge is -1.64. The topological polar surface area (TPSA) is 23.9 Å². The van der Waals surface area contributed by atoms with Crippen LogP contribution in [0.1, 0.15) is 6.92 Å². The van der Waals surface area contributed by atoms with Crippen molar-refractivity contribution in [3.8, 4) is 0 Å². The summed E-state index contributed by atoms with van der Waals surface area (Å²) in [5.74, 6) is 0. The van der Waals surface area contributed by atoms with Crippen LogP contribution in [0, 0.1) is 5.41 Å². The predicted molar refractivity (Wildman–Crippen MR) is 32.7 cm³/mol. The van der Waals surface area contributed by atoms with Crippen LogP contribution in [0.3, 0.4) is 0 Å². The van der Waals surface area contributed by atoms with Gasteiger partial charge in [-0.15, -0.1) is 0 Å². The summed E-state index contributed by atoms with van der Waals surface area (Å²) in [5.41, 5.74) is 0. The van der Waals surface area contributed by atoms with Crippen molar-refractivity contribution < 1.29 is 0 Å². The van der Waals surface area contributed by atoms with E-state index in [4.69, 9.17) is 5.41 Å². The van der Waals surface area contributed by atoms with E-state index in [0.717, 1.165) is 0 Å². The molecular formula is C6H9N. The summed E-state index contributed by atoms with van der Waals surface area (Å²) >= 11 is 0. The van der Waals surface area contributed by atoms with E-state index in [1.165, 1.54) is 6.21 Å². The molecule has 0 aliphatic carbocycles. The molecule has 1 nitrogen and oxygen atoms in total. The molecule has 0 atom stereocenters. The molecule has 1 N–H and O–H groups in total. The molecule has 0 unspecified atom stereocenters. The average Bonchev–Trinajstić information content (AvgIpc) is 1.69. The highest BCUT2D eigenvalue weighted by molar-refractivity contribution is 5.67. The maximum atomic E-state index is 6.54. The van der Waals surface area contributed by atoms with Crippen molar-refractivity contribution in [2.24, 2.45) is 0 Å². The Kier molecular flexibility index (Phi) is 4.52. The first-order valence-corrected chi connectivity index (χ1v) is 2.20. The summed E-state index contributed by atoms with van der Waals surface area (Å²) in [6, 6.07) is 0. The Morgan fingerprint density at radius 3 is 2.29 bits per heavy atom. The van der Waals surface area contributed by atoms with Crippen molar-refractivity contribution in [3.63, 3.8) is 0 Å². The Labute approximate surface area is 43.9 Å². The van der Waals surface area contributed by atoms with E-state index < -0.39 is 0 Å². The third kappa shape index (κ3) is 5.15. The first-order chi connectivity index (χ1) is 3.41. The van der Waals surface area contributed by atoms with Crippen molar-refractivity contribution in [3.05, 3.63) is 24.3 Å². The summed E-state index contributed by atoms with van der Waals surface area (Å²) < 4.78 is 0. The minimum absolute atomic E-state index is 1.25. The molecule has 0 spiro atoms. The molecular weight excluding hydrogens is 86.1 g/mol. The third-order valence-corrected chi connectivity index (χ3v) is 0.511. The molecule has 0 rings (SSSR count). The molecule has 0 radical (unpaired) electrons. The number of allylic oxidation sites excluding steroid dienone is 4. The minimum Gasteiger partial charge on any atom is -0.309 e. The number of rotatable bonds is 2. The van der Waals surface area contributed by atoms with Gasteiger partial charge < -0.3 is 5.41 Å². The molecule has 0 fully saturated rings. The van der Waals surface area contributed by atoms with Crippen LogP contribution < -0.4 is 0 Å². The van der Waals surface area contributed by atoms with Crippen LogP contribution in [-0.2, 0) is 0 Å². The monoisotopic (exact) mass is 95.1 g/mol. The standard InChI is InChI=1S/C6H9N/c1-2-3-4-5-6-7/h2-7H,1H3/b3-2+,5-4-,7-6?. The molecule has 0 aliphatic rings. The van der Waals surface area contributed by atoms with Gasteiger partial charge in [-0.1, -0.05) is 18.2 Å². The van der Waals surface area contributed by atoms with E-state index in [1.807, 2.05) is 25.2 Å². The van der Waals surface area contributed by atoms with Crippen molar-refractivity contribution in [2.75, 3.05) is 0 Å². The third-order valence-electron chi connectivity index (χ3n) is 0.511. The maximum absolute atomic E-state index is 6.54. The van der Waals surface area contributed by atoms with Crippen LogP contribution in [0.15, 0.2) is 24.3 Å². The van der Waals surface area contributed by atoms with E-state index in [-0.39, 0.29) is 0 Å². The fourth-order valence-electron chi connectivity index (χ4n) is 0.231. The van der Waals surface area contributed by atoms with E-state index in [9.17, 15) is 0 Å². The summed E-state index contributed by atoms with van der Waals surface area (Å²) in [4.78, 5) is 0. The molecule has 0 bridgehead atoms. The van der Waals surface area contributed by atoms with Crippen LogP contribution in [-0.4, -0.2) is 6.21 Å². The van der Waals surface area contributed by atoms with E-state index >= 15 is 0 Å². The minimum atomic E-state index is 1.25.